The molecule has 0 spiro atoms. The standard InChI is InChI=1S/C23H27NO5/c1-28-20-13-17-11-12-23(27,18(17)14-21(20)29-2)15-24-22(26)10-6-9-19(25)16-7-4-3-5-8-16/h3-5,7-8,13-14,27H,6,9-12,15H2,1-2H3,(H,24,26). The number of rotatable bonds is 9. The average Bonchev–Trinajstić information content (AvgIpc) is 3.08. The lowest BCUT2D eigenvalue weighted by Gasteiger charge is -2.25. The first kappa shape index (κ1) is 20.9. The molecule has 0 saturated heterocycles. The minimum absolute atomic E-state index is 0.0304. The maximum absolute atomic E-state index is 12.2. The van der Waals surface area contributed by atoms with Gasteiger partial charge in [0.2, 0.25) is 5.91 Å². The van der Waals surface area contributed by atoms with Crippen molar-refractivity contribution in [2.45, 2.75) is 37.7 Å². The summed E-state index contributed by atoms with van der Waals surface area (Å²) in [4.78, 5) is 24.3. The van der Waals surface area contributed by atoms with E-state index in [1.807, 2.05) is 24.3 Å². The van der Waals surface area contributed by atoms with Crippen molar-refractivity contribution in [2.75, 3.05) is 20.8 Å². The zero-order valence-corrected chi connectivity index (χ0v) is 16.9. The predicted molar refractivity (Wildman–Crippen MR) is 109 cm³/mol. The molecule has 1 aliphatic rings. The van der Waals surface area contributed by atoms with Crippen LogP contribution in [0.15, 0.2) is 42.5 Å². The van der Waals surface area contributed by atoms with Gasteiger partial charge < -0.3 is 19.9 Å². The molecule has 0 aliphatic heterocycles. The van der Waals surface area contributed by atoms with Crippen molar-refractivity contribution >= 4 is 11.7 Å². The van der Waals surface area contributed by atoms with E-state index in [1.165, 1.54) is 0 Å². The molecular weight excluding hydrogens is 370 g/mol. The number of hydrogen-bond acceptors (Lipinski definition) is 5. The zero-order chi connectivity index (χ0) is 20.9. The number of ether oxygens (including phenoxy) is 2. The fourth-order valence-electron chi connectivity index (χ4n) is 3.73. The van der Waals surface area contributed by atoms with Crippen LogP contribution in [0.4, 0.5) is 0 Å². The van der Waals surface area contributed by atoms with Crippen LogP contribution in [0.25, 0.3) is 0 Å². The third-order valence-electron chi connectivity index (χ3n) is 5.40. The van der Waals surface area contributed by atoms with Gasteiger partial charge in [0.1, 0.15) is 5.60 Å². The summed E-state index contributed by atoms with van der Waals surface area (Å²) < 4.78 is 10.7. The molecule has 0 saturated carbocycles. The van der Waals surface area contributed by atoms with Crippen molar-refractivity contribution < 1.29 is 24.2 Å². The summed E-state index contributed by atoms with van der Waals surface area (Å²) in [6, 6.07) is 12.7. The topological polar surface area (TPSA) is 84.9 Å². The Balaban J connectivity index is 1.53. The highest BCUT2D eigenvalue weighted by Gasteiger charge is 2.38. The van der Waals surface area contributed by atoms with Crippen LogP contribution in [0, 0.1) is 0 Å². The van der Waals surface area contributed by atoms with E-state index >= 15 is 0 Å². The Hall–Kier alpha value is -2.86. The Kier molecular flexibility index (Phi) is 6.54. The monoisotopic (exact) mass is 397 g/mol. The molecule has 0 fully saturated rings. The van der Waals surface area contributed by atoms with Crippen LogP contribution in [0.1, 0.15) is 47.2 Å². The van der Waals surface area contributed by atoms with Crippen molar-refractivity contribution in [3.8, 4) is 11.5 Å². The second-order valence-electron chi connectivity index (χ2n) is 7.32. The summed E-state index contributed by atoms with van der Waals surface area (Å²) in [5, 5.41) is 13.9. The number of benzene rings is 2. The molecule has 2 N–H and O–H groups in total. The lowest BCUT2D eigenvalue weighted by molar-refractivity contribution is -0.122. The van der Waals surface area contributed by atoms with E-state index in [4.69, 9.17) is 9.47 Å². The first-order valence-electron chi connectivity index (χ1n) is 9.79. The molecule has 1 amide bonds. The number of Topliss-reactive ketones (excluding diaryl/α,β-unsaturated/α-hetero) is 1. The van der Waals surface area contributed by atoms with Crippen LogP contribution in [-0.4, -0.2) is 37.6 Å². The molecule has 2 aromatic rings. The summed E-state index contributed by atoms with van der Waals surface area (Å²) in [5.41, 5.74) is 1.28. The summed E-state index contributed by atoms with van der Waals surface area (Å²) in [6.45, 7) is 0.126. The lowest BCUT2D eigenvalue weighted by atomic mass is 9.95. The SMILES string of the molecule is COc1cc2c(cc1OC)C(O)(CNC(=O)CCCC(=O)c1ccccc1)CC2. The summed E-state index contributed by atoms with van der Waals surface area (Å²) in [6.07, 6.45) is 2.26. The second kappa shape index (κ2) is 9.09. The summed E-state index contributed by atoms with van der Waals surface area (Å²) >= 11 is 0. The third-order valence-corrected chi connectivity index (χ3v) is 5.40. The number of methoxy groups -OCH3 is 2. The second-order valence-corrected chi connectivity index (χ2v) is 7.32. The van der Waals surface area contributed by atoms with Gasteiger partial charge in [0.05, 0.1) is 20.8 Å². The molecule has 1 atom stereocenters. The maximum atomic E-state index is 12.2. The van der Waals surface area contributed by atoms with Gasteiger partial charge in [0, 0.05) is 18.4 Å². The van der Waals surface area contributed by atoms with E-state index in [0.717, 1.165) is 11.1 Å². The predicted octanol–water partition coefficient (Wildman–Crippen LogP) is 3.01. The Labute approximate surface area is 170 Å². The molecule has 0 radical (unpaired) electrons. The van der Waals surface area contributed by atoms with Crippen molar-refractivity contribution in [1.29, 1.82) is 0 Å². The molecule has 1 aliphatic carbocycles. The fraction of sp³-hybridized carbons (Fsp3) is 0.391. The minimum atomic E-state index is -1.13. The Morgan fingerprint density at radius 1 is 1.07 bits per heavy atom. The highest BCUT2D eigenvalue weighted by Crippen LogP contribution is 2.42. The Morgan fingerprint density at radius 2 is 1.76 bits per heavy atom. The zero-order valence-electron chi connectivity index (χ0n) is 16.9. The molecule has 1 unspecified atom stereocenters. The van der Waals surface area contributed by atoms with Gasteiger partial charge in [-0.15, -0.1) is 0 Å². The number of aryl methyl sites for hydroxylation is 1. The van der Waals surface area contributed by atoms with Gasteiger partial charge >= 0.3 is 0 Å². The van der Waals surface area contributed by atoms with Gasteiger partial charge in [-0.3, -0.25) is 9.59 Å². The number of nitrogens with one attached hydrogen (secondary N) is 1. The normalized spacial score (nSPS) is 17.5. The number of ketones is 1. The van der Waals surface area contributed by atoms with E-state index in [-0.39, 0.29) is 24.7 Å². The van der Waals surface area contributed by atoms with Crippen LogP contribution in [-0.2, 0) is 16.8 Å². The quantitative estimate of drug-likeness (QED) is 0.636. The molecule has 0 aromatic heterocycles. The molecule has 3 rings (SSSR count). The van der Waals surface area contributed by atoms with Gasteiger partial charge in [0.15, 0.2) is 17.3 Å². The molecule has 0 heterocycles. The molecule has 29 heavy (non-hydrogen) atoms. The first-order valence-corrected chi connectivity index (χ1v) is 9.79. The van der Waals surface area contributed by atoms with Gasteiger partial charge in [-0.25, -0.2) is 0 Å². The van der Waals surface area contributed by atoms with Gasteiger partial charge in [-0.2, -0.15) is 0 Å². The van der Waals surface area contributed by atoms with Crippen LogP contribution in [0.2, 0.25) is 0 Å². The minimum Gasteiger partial charge on any atom is -0.493 e. The maximum Gasteiger partial charge on any atom is 0.220 e. The molecular formula is C23H27NO5. The fourth-order valence-corrected chi connectivity index (χ4v) is 3.73. The largest absolute Gasteiger partial charge is 0.493 e. The number of aliphatic hydroxyl groups is 1. The number of carbonyl (C=O) groups excluding carboxylic acids is 2. The number of fused-ring (bicyclic) bond motifs is 1. The molecule has 154 valence electrons. The van der Waals surface area contributed by atoms with Gasteiger partial charge in [0.25, 0.3) is 0 Å². The summed E-state index contributed by atoms with van der Waals surface area (Å²) in [5.74, 6) is 1.04. The van der Waals surface area contributed by atoms with Crippen molar-refractivity contribution in [3.05, 3.63) is 59.2 Å². The van der Waals surface area contributed by atoms with Crippen LogP contribution < -0.4 is 14.8 Å². The molecule has 6 nitrogen and oxygen atoms in total. The highest BCUT2D eigenvalue weighted by atomic mass is 16.5. The lowest BCUT2D eigenvalue weighted by Crippen LogP contribution is -2.39. The average molecular weight is 397 g/mol. The van der Waals surface area contributed by atoms with Crippen molar-refractivity contribution in [3.63, 3.8) is 0 Å². The summed E-state index contributed by atoms with van der Waals surface area (Å²) in [7, 11) is 3.13. The number of carbonyl (C=O) groups is 2. The molecule has 0 bridgehead atoms. The van der Waals surface area contributed by atoms with Crippen LogP contribution >= 0.6 is 0 Å². The van der Waals surface area contributed by atoms with Crippen LogP contribution in [0.3, 0.4) is 0 Å². The number of amides is 1. The van der Waals surface area contributed by atoms with E-state index in [0.29, 0.717) is 42.7 Å². The van der Waals surface area contributed by atoms with Crippen molar-refractivity contribution in [2.24, 2.45) is 0 Å². The van der Waals surface area contributed by atoms with E-state index in [1.54, 1.807) is 32.4 Å². The molecule has 2 aromatic carbocycles. The Bertz CT molecular complexity index is 880. The van der Waals surface area contributed by atoms with E-state index < -0.39 is 5.60 Å². The first-order chi connectivity index (χ1) is 14.0. The number of hydrogen-bond donors (Lipinski definition) is 2. The van der Waals surface area contributed by atoms with Gasteiger partial charge in [-0.1, -0.05) is 30.3 Å². The van der Waals surface area contributed by atoms with Crippen molar-refractivity contribution in [1.82, 2.24) is 5.32 Å². The third kappa shape index (κ3) is 4.77. The smallest absolute Gasteiger partial charge is 0.220 e. The van der Waals surface area contributed by atoms with E-state index in [2.05, 4.69) is 5.32 Å². The highest BCUT2D eigenvalue weighted by molar-refractivity contribution is 5.96. The van der Waals surface area contributed by atoms with E-state index in [9.17, 15) is 14.7 Å². The Morgan fingerprint density at radius 3 is 2.45 bits per heavy atom. The van der Waals surface area contributed by atoms with Gasteiger partial charge in [-0.05, 0) is 42.5 Å². The molecule has 6 heteroatoms. The van der Waals surface area contributed by atoms with Crippen LogP contribution in [0.5, 0.6) is 11.5 Å².